The lowest BCUT2D eigenvalue weighted by atomic mass is 10.2. The van der Waals surface area contributed by atoms with E-state index in [1.807, 2.05) is 13.8 Å². The summed E-state index contributed by atoms with van der Waals surface area (Å²) >= 11 is 0. The van der Waals surface area contributed by atoms with Gasteiger partial charge in [0.05, 0.1) is 13.1 Å². The van der Waals surface area contributed by atoms with Crippen molar-refractivity contribution < 1.29 is 20.1 Å². The molecule has 0 radical (unpaired) electrons. The highest BCUT2D eigenvalue weighted by atomic mass is 16.7. The molecule has 16 heavy (non-hydrogen) atoms. The minimum atomic E-state index is 0.248. The Morgan fingerprint density at radius 2 is 1.75 bits per heavy atom. The van der Waals surface area contributed by atoms with Crippen LogP contribution < -0.4 is 0 Å². The lowest BCUT2D eigenvalue weighted by Crippen LogP contribution is -2.31. The molecule has 0 bridgehead atoms. The van der Waals surface area contributed by atoms with Crippen LogP contribution in [-0.4, -0.2) is 46.6 Å². The quantitative estimate of drug-likeness (QED) is 0.261. The fraction of sp³-hybridized carbons (Fsp3) is 1.00. The van der Waals surface area contributed by atoms with E-state index in [1.165, 1.54) is 0 Å². The van der Waals surface area contributed by atoms with Crippen molar-refractivity contribution in [2.45, 2.75) is 39.5 Å². The second-order valence-corrected chi connectivity index (χ2v) is 3.46. The molecule has 0 unspecified atom stereocenters. The van der Waals surface area contributed by atoms with Crippen molar-refractivity contribution in [3.63, 3.8) is 0 Å². The number of hydrogen-bond acceptors (Lipinski definition) is 3. The van der Waals surface area contributed by atoms with Crippen LogP contribution in [0.15, 0.2) is 5.28 Å². The predicted molar refractivity (Wildman–Crippen MR) is 58.9 cm³/mol. The minimum Gasteiger partial charge on any atom is -0.396 e. The van der Waals surface area contributed by atoms with Gasteiger partial charge in [0.1, 0.15) is 6.61 Å². The average Bonchev–Trinajstić information content (AvgIpc) is 2.29. The summed E-state index contributed by atoms with van der Waals surface area (Å²) < 4.78 is 0. The zero-order valence-corrected chi connectivity index (χ0v) is 10.3. The van der Waals surface area contributed by atoms with Crippen LogP contribution in [0.4, 0.5) is 0 Å². The molecule has 0 aliphatic carbocycles. The first-order valence-corrected chi connectivity index (χ1v) is 5.93. The van der Waals surface area contributed by atoms with Crippen LogP contribution in [0.25, 0.3) is 0 Å². The Hall–Kier alpha value is -1.04. The van der Waals surface area contributed by atoms with Crippen LogP contribution >= 0.6 is 0 Å². The van der Waals surface area contributed by atoms with Gasteiger partial charge in [0.25, 0.3) is 10.2 Å². The number of aliphatic hydroxyl groups excluding tert-OH is 1. The number of aliphatic hydroxyl groups is 1. The third-order valence-corrected chi connectivity index (χ3v) is 2.26. The van der Waals surface area contributed by atoms with Crippen molar-refractivity contribution in [3.05, 3.63) is 0 Å². The molecule has 0 spiro atoms. The zero-order valence-electron chi connectivity index (χ0n) is 10.3. The molecule has 0 atom stereocenters. The van der Waals surface area contributed by atoms with Gasteiger partial charge in [0.15, 0.2) is 0 Å². The van der Waals surface area contributed by atoms with Gasteiger partial charge in [-0.25, -0.2) is 5.21 Å². The van der Waals surface area contributed by atoms with E-state index in [2.05, 4.69) is 5.28 Å². The van der Waals surface area contributed by atoms with E-state index in [4.69, 9.17) is 9.94 Å². The Labute approximate surface area is 97.0 Å². The van der Waals surface area contributed by atoms with E-state index in [0.29, 0.717) is 19.7 Å². The minimum absolute atomic E-state index is 0.248. The molecule has 0 heterocycles. The van der Waals surface area contributed by atoms with Crippen molar-refractivity contribution >= 4 is 0 Å². The second-order valence-electron chi connectivity index (χ2n) is 3.46. The molecule has 0 amide bonds. The lowest BCUT2D eigenvalue weighted by molar-refractivity contribution is -0.941. The van der Waals surface area contributed by atoms with Gasteiger partial charge < -0.3 is 9.94 Å². The van der Waals surface area contributed by atoms with Gasteiger partial charge in [0, 0.05) is 6.61 Å². The Balaban J connectivity index is 3.51. The molecular formula is C10H24N3O3+. The fourth-order valence-corrected chi connectivity index (χ4v) is 1.25. The summed E-state index contributed by atoms with van der Waals surface area (Å²) in [5, 5.41) is 23.1. The van der Waals surface area contributed by atoms with Gasteiger partial charge in [-0.2, -0.15) is 0 Å². The van der Waals surface area contributed by atoms with Gasteiger partial charge >= 0.3 is 0 Å². The number of hydrogen-bond donors (Lipinski definition) is 2. The molecule has 0 fully saturated rings. The fourth-order valence-electron chi connectivity index (χ4n) is 1.25. The highest BCUT2D eigenvalue weighted by molar-refractivity contribution is 4.40. The Bertz CT molecular complexity index is 184. The summed E-state index contributed by atoms with van der Waals surface area (Å²) in [6.07, 6.45) is 3.73. The molecule has 0 rings (SSSR count). The van der Waals surface area contributed by atoms with Gasteiger partial charge in [-0.05, 0) is 33.1 Å². The van der Waals surface area contributed by atoms with Crippen molar-refractivity contribution in [1.29, 1.82) is 0 Å². The molecule has 0 aromatic rings. The smallest absolute Gasteiger partial charge is 0.274 e. The third-order valence-electron chi connectivity index (χ3n) is 2.26. The third kappa shape index (κ3) is 7.28. The van der Waals surface area contributed by atoms with Crippen molar-refractivity contribution in [2.75, 3.05) is 26.3 Å². The average molecular weight is 234 g/mol. The summed E-state index contributed by atoms with van der Waals surface area (Å²) in [6, 6.07) is 0. The van der Waals surface area contributed by atoms with Gasteiger partial charge in [-0.1, -0.05) is 6.42 Å². The molecule has 0 saturated heterocycles. The monoisotopic (exact) mass is 234 g/mol. The van der Waals surface area contributed by atoms with Crippen LogP contribution in [-0.2, 0) is 4.84 Å². The highest BCUT2D eigenvalue weighted by Gasteiger charge is 2.13. The molecule has 0 aliphatic heterocycles. The second kappa shape index (κ2) is 10.5. The molecule has 2 N–H and O–H groups in total. The molecule has 6 nitrogen and oxygen atoms in total. The van der Waals surface area contributed by atoms with E-state index >= 15 is 0 Å². The zero-order chi connectivity index (χ0) is 12.2. The Morgan fingerprint density at radius 1 is 1.12 bits per heavy atom. The van der Waals surface area contributed by atoms with Crippen molar-refractivity contribution in [2.24, 2.45) is 5.28 Å². The van der Waals surface area contributed by atoms with E-state index in [1.54, 1.807) is 5.01 Å². The Kier molecular flexibility index (Phi) is 9.80. The number of unbranched alkanes of at least 4 members (excludes halogenated alkanes) is 3. The SMILES string of the molecule is CCN(CC)/[N+](O)=N/OCCCCCCO. The van der Waals surface area contributed by atoms with Crippen LogP contribution in [0.2, 0.25) is 0 Å². The first kappa shape index (κ1) is 15.0. The molecule has 0 aromatic carbocycles. The van der Waals surface area contributed by atoms with E-state index in [-0.39, 0.29) is 6.61 Å². The molecule has 96 valence electrons. The van der Waals surface area contributed by atoms with E-state index in [0.717, 1.165) is 30.7 Å². The van der Waals surface area contributed by atoms with Crippen LogP contribution in [0, 0.1) is 0 Å². The summed E-state index contributed by atoms with van der Waals surface area (Å²) in [4.78, 5) is 5.70. The normalized spacial score (nSPS) is 11.6. The number of nitrogens with zero attached hydrogens (tertiary/aromatic N) is 3. The lowest BCUT2D eigenvalue weighted by Gasteiger charge is -2.05. The number of hydrazine groups is 1. The van der Waals surface area contributed by atoms with Crippen LogP contribution in [0.5, 0.6) is 0 Å². The molecular weight excluding hydrogens is 210 g/mol. The summed E-state index contributed by atoms with van der Waals surface area (Å²) in [5.74, 6) is 0. The van der Waals surface area contributed by atoms with Gasteiger partial charge in [-0.3, -0.25) is 0 Å². The summed E-state index contributed by atoms with van der Waals surface area (Å²) in [7, 11) is 0. The van der Waals surface area contributed by atoms with E-state index < -0.39 is 0 Å². The maximum atomic E-state index is 9.38. The highest BCUT2D eigenvalue weighted by Crippen LogP contribution is 1.99. The van der Waals surface area contributed by atoms with Crippen LogP contribution in [0.3, 0.4) is 0 Å². The van der Waals surface area contributed by atoms with E-state index in [9.17, 15) is 5.21 Å². The topological polar surface area (TPSA) is 68.3 Å². The van der Waals surface area contributed by atoms with Gasteiger partial charge in [-0.15, -0.1) is 5.01 Å². The summed E-state index contributed by atoms with van der Waals surface area (Å²) in [6.45, 7) is 5.95. The molecule has 0 aliphatic rings. The molecule has 0 saturated carbocycles. The van der Waals surface area contributed by atoms with Crippen LogP contribution in [0.1, 0.15) is 39.5 Å². The first-order chi connectivity index (χ1) is 7.76. The predicted octanol–water partition coefficient (Wildman–Crippen LogP) is 1.58. The molecule has 0 aromatic heterocycles. The van der Waals surface area contributed by atoms with Crippen molar-refractivity contribution in [1.82, 2.24) is 5.01 Å². The largest absolute Gasteiger partial charge is 0.396 e. The molecule has 6 heteroatoms. The first-order valence-electron chi connectivity index (χ1n) is 5.93. The van der Waals surface area contributed by atoms with Crippen molar-refractivity contribution in [3.8, 4) is 0 Å². The van der Waals surface area contributed by atoms with Gasteiger partial charge in [0.2, 0.25) is 0 Å². The maximum Gasteiger partial charge on any atom is 0.274 e. The maximum absolute atomic E-state index is 9.38. The summed E-state index contributed by atoms with van der Waals surface area (Å²) in [5.41, 5.74) is 0. The number of rotatable bonds is 10. The Morgan fingerprint density at radius 3 is 2.31 bits per heavy atom. The standard InChI is InChI=1S/C10H24N3O3/c1-3-12(4-2)13(15)11-16-10-8-6-5-7-9-14/h14H,3-10H2,1-2H3,(H,11,15)/q+1.